The number of hydrogen-bond donors (Lipinski definition) is 1. The summed E-state index contributed by atoms with van der Waals surface area (Å²) >= 11 is 0. The lowest BCUT2D eigenvalue weighted by atomic mass is 9.83. The largest absolute Gasteiger partial charge is 0.386 e. The van der Waals surface area contributed by atoms with Gasteiger partial charge in [0, 0.05) is 37.7 Å². The second kappa shape index (κ2) is 6.74. The summed E-state index contributed by atoms with van der Waals surface area (Å²) in [5.41, 5.74) is -0.301. The molecule has 0 atom stereocenters. The molecule has 6 heteroatoms. The molecule has 0 aromatic heterocycles. The van der Waals surface area contributed by atoms with E-state index in [9.17, 15) is 15.2 Å². The van der Waals surface area contributed by atoms with Gasteiger partial charge in [0.25, 0.3) is 0 Å². The van der Waals surface area contributed by atoms with E-state index in [-0.39, 0.29) is 34.5 Å². The number of hydrogen-bond acceptors (Lipinski definition) is 5. The summed E-state index contributed by atoms with van der Waals surface area (Å²) in [6, 6.07) is 5.19. The minimum atomic E-state index is -1.37. The van der Waals surface area contributed by atoms with Crippen LogP contribution >= 0.6 is 0 Å². The summed E-state index contributed by atoms with van der Waals surface area (Å²) in [7, 11) is 1.67. The molecule has 1 fully saturated rings. The second-order valence-electron chi connectivity index (χ2n) is 8.10. The molecule has 27 heavy (non-hydrogen) atoms. The van der Waals surface area contributed by atoms with Gasteiger partial charge in [-0.15, -0.1) is 0 Å². The first kappa shape index (κ1) is 19.5. The maximum absolute atomic E-state index is 15.4. The van der Waals surface area contributed by atoms with Crippen molar-refractivity contribution in [3.63, 3.8) is 0 Å². The summed E-state index contributed by atoms with van der Waals surface area (Å²) in [5, 5.41) is 19.9. The van der Waals surface area contributed by atoms with Crippen molar-refractivity contribution < 1.29 is 19.0 Å². The molecule has 5 nitrogen and oxygen atoms in total. The number of ether oxygens (including phenoxy) is 1. The standard InChI is InChI=1S/C21H25FN2O3/c1-20(2,26)15-6-5-13-11-16(25)14(12-23)19(17(13)18(15)22)24-9-7-21(3,27-4)8-10-24/h5-6,26H,7-11H2,1-4H3. The van der Waals surface area contributed by atoms with Gasteiger partial charge in [-0.1, -0.05) is 12.1 Å². The van der Waals surface area contributed by atoms with Crippen molar-refractivity contribution in [3.8, 4) is 6.07 Å². The van der Waals surface area contributed by atoms with Crippen LogP contribution in [0.1, 0.15) is 50.3 Å². The fraction of sp³-hybridized carbons (Fsp3) is 0.524. The third kappa shape index (κ3) is 3.38. The molecule has 1 saturated heterocycles. The van der Waals surface area contributed by atoms with Crippen molar-refractivity contribution in [1.82, 2.24) is 4.90 Å². The van der Waals surface area contributed by atoms with E-state index in [2.05, 4.69) is 0 Å². The Morgan fingerprint density at radius 2 is 1.96 bits per heavy atom. The number of aliphatic hydroxyl groups is 1. The molecular weight excluding hydrogens is 347 g/mol. The Morgan fingerprint density at radius 1 is 1.33 bits per heavy atom. The van der Waals surface area contributed by atoms with Gasteiger partial charge in [0.15, 0.2) is 5.78 Å². The number of fused-ring (bicyclic) bond motifs is 1. The van der Waals surface area contributed by atoms with E-state index in [4.69, 9.17) is 4.74 Å². The van der Waals surface area contributed by atoms with Gasteiger partial charge in [0.2, 0.25) is 0 Å². The van der Waals surface area contributed by atoms with Crippen LogP contribution in [0.3, 0.4) is 0 Å². The highest BCUT2D eigenvalue weighted by molar-refractivity contribution is 6.10. The first-order valence-corrected chi connectivity index (χ1v) is 9.13. The van der Waals surface area contributed by atoms with Crippen LogP contribution in [0.4, 0.5) is 4.39 Å². The van der Waals surface area contributed by atoms with Crippen LogP contribution in [0.5, 0.6) is 0 Å². The third-order valence-corrected chi connectivity index (χ3v) is 5.73. The van der Waals surface area contributed by atoms with E-state index in [1.54, 1.807) is 13.2 Å². The topological polar surface area (TPSA) is 73.6 Å². The number of piperidine rings is 1. The number of likely N-dealkylation sites (tertiary alicyclic amines) is 1. The van der Waals surface area contributed by atoms with Crippen LogP contribution in [0.25, 0.3) is 5.70 Å². The van der Waals surface area contributed by atoms with Gasteiger partial charge in [-0.3, -0.25) is 4.79 Å². The highest BCUT2D eigenvalue weighted by atomic mass is 19.1. The number of methoxy groups -OCH3 is 1. The van der Waals surface area contributed by atoms with Gasteiger partial charge in [0.1, 0.15) is 17.5 Å². The molecule has 1 aromatic rings. The first-order valence-electron chi connectivity index (χ1n) is 9.13. The number of carbonyl (C=O) groups excluding carboxylic acids is 1. The molecule has 0 amide bonds. The first-order chi connectivity index (χ1) is 12.6. The number of allylic oxidation sites excluding steroid dienone is 1. The molecule has 1 aliphatic heterocycles. The number of nitrogens with zero attached hydrogens (tertiary/aromatic N) is 2. The fourth-order valence-electron chi connectivity index (χ4n) is 3.85. The minimum Gasteiger partial charge on any atom is -0.386 e. The van der Waals surface area contributed by atoms with Gasteiger partial charge >= 0.3 is 0 Å². The molecule has 1 aromatic carbocycles. The maximum Gasteiger partial charge on any atom is 0.179 e. The van der Waals surface area contributed by atoms with E-state index in [0.29, 0.717) is 37.2 Å². The zero-order valence-electron chi connectivity index (χ0n) is 16.2. The lowest BCUT2D eigenvalue weighted by Gasteiger charge is -2.42. The van der Waals surface area contributed by atoms with Crippen molar-refractivity contribution in [3.05, 3.63) is 40.2 Å². The Labute approximate surface area is 159 Å². The number of halogens is 1. The smallest absolute Gasteiger partial charge is 0.179 e. The van der Waals surface area contributed by atoms with Crippen molar-refractivity contribution in [2.24, 2.45) is 0 Å². The predicted molar refractivity (Wildman–Crippen MR) is 99.1 cm³/mol. The highest BCUT2D eigenvalue weighted by Gasteiger charge is 2.37. The van der Waals surface area contributed by atoms with Crippen LogP contribution in [-0.2, 0) is 21.6 Å². The molecule has 1 aliphatic carbocycles. The lowest BCUT2D eigenvalue weighted by Crippen LogP contribution is -2.44. The van der Waals surface area contributed by atoms with Crippen LogP contribution in [-0.4, -0.2) is 41.6 Å². The van der Waals surface area contributed by atoms with E-state index in [0.717, 1.165) is 0 Å². The van der Waals surface area contributed by atoms with Crippen LogP contribution < -0.4 is 0 Å². The number of benzene rings is 1. The molecule has 0 unspecified atom stereocenters. The monoisotopic (exact) mass is 372 g/mol. The number of Topliss-reactive ketones (excluding diaryl/α,β-unsaturated/α-hetero) is 1. The van der Waals surface area contributed by atoms with Gasteiger partial charge in [-0.2, -0.15) is 5.26 Å². The number of nitriles is 1. The van der Waals surface area contributed by atoms with Gasteiger partial charge < -0.3 is 14.7 Å². The summed E-state index contributed by atoms with van der Waals surface area (Å²) in [4.78, 5) is 14.4. The Morgan fingerprint density at radius 3 is 2.48 bits per heavy atom. The second-order valence-corrected chi connectivity index (χ2v) is 8.10. The van der Waals surface area contributed by atoms with Crippen molar-refractivity contribution in [1.29, 1.82) is 5.26 Å². The van der Waals surface area contributed by atoms with E-state index in [1.807, 2.05) is 17.9 Å². The normalized spacial score (nSPS) is 19.7. The number of carbonyl (C=O) groups is 1. The van der Waals surface area contributed by atoms with E-state index < -0.39 is 11.4 Å². The van der Waals surface area contributed by atoms with Crippen LogP contribution in [0, 0.1) is 17.1 Å². The molecule has 2 aliphatic rings. The molecular formula is C21H25FN2O3. The molecule has 1 N–H and O–H groups in total. The van der Waals surface area contributed by atoms with Gasteiger partial charge in [-0.05, 0) is 39.2 Å². The Balaban J connectivity index is 2.15. The van der Waals surface area contributed by atoms with Crippen molar-refractivity contribution in [2.75, 3.05) is 20.2 Å². The number of ketones is 1. The van der Waals surface area contributed by atoms with Crippen LogP contribution in [0.15, 0.2) is 17.7 Å². The third-order valence-electron chi connectivity index (χ3n) is 5.73. The summed E-state index contributed by atoms with van der Waals surface area (Å²) in [6.07, 6.45) is 1.42. The Hall–Kier alpha value is -2.23. The van der Waals surface area contributed by atoms with E-state index >= 15 is 4.39 Å². The predicted octanol–water partition coefficient (Wildman–Crippen LogP) is 2.91. The molecule has 3 rings (SSSR count). The van der Waals surface area contributed by atoms with E-state index in [1.165, 1.54) is 19.9 Å². The quantitative estimate of drug-likeness (QED) is 0.883. The molecule has 0 radical (unpaired) electrons. The zero-order chi connectivity index (χ0) is 20.0. The summed E-state index contributed by atoms with van der Waals surface area (Å²) < 4.78 is 21.0. The summed E-state index contributed by atoms with van der Waals surface area (Å²) in [5.74, 6) is -0.856. The molecule has 0 saturated carbocycles. The Bertz CT molecular complexity index is 853. The van der Waals surface area contributed by atoms with Gasteiger partial charge in [-0.25, -0.2) is 4.39 Å². The van der Waals surface area contributed by atoms with Crippen molar-refractivity contribution >= 4 is 11.5 Å². The van der Waals surface area contributed by atoms with Crippen molar-refractivity contribution in [2.45, 2.75) is 51.2 Å². The molecule has 1 heterocycles. The van der Waals surface area contributed by atoms with Gasteiger partial charge in [0.05, 0.1) is 16.9 Å². The molecule has 144 valence electrons. The maximum atomic E-state index is 15.4. The fourth-order valence-corrected chi connectivity index (χ4v) is 3.85. The lowest BCUT2D eigenvalue weighted by molar-refractivity contribution is -0.114. The average molecular weight is 372 g/mol. The Kier molecular flexibility index (Phi) is 4.87. The molecule has 0 spiro atoms. The summed E-state index contributed by atoms with van der Waals surface area (Å²) in [6.45, 7) is 6.18. The average Bonchev–Trinajstić information content (AvgIpc) is 2.60. The molecule has 0 bridgehead atoms. The highest BCUT2D eigenvalue weighted by Crippen LogP contribution is 2.39. The SMILES string of the molecule is COC1(C)CCN(C2=C(C#N)C(=O)Cc3ccc(C(C)(C)O)c(F)c32)CC1. The van der Waals surface area contributed by atoms with Crippen LogP contribution in [0.2, 0.25) is 0 Å². The number of rotatable bonds is 3. The minimum absolute atomic E-state index is 0.00434. The zero-order valence-corrected chi connectivity index (χ0v) is 16.2.